The Balaban J connectivity index is 0.00000364. The third-order valence-electron chi connectivity index (χ3n) is 3.75. The maximum atomic E-state index is 11.9. The van der Waals surface area contributed by atoms with Crippen LogP contribution in [0.15, 0.2) is 4.99 Å². The molecule has 2 aliphatic heterocycles. The second-order valence-electron chi connectivity index (χ2n) is 7.19. The van der Waals surface area contributed by atoms with Gasteiger partial charge in [0.15, 0.2) is 5.96 Å². The van der Waals surface area contributed by atoms with Crippen molar-refractivity contribution in [3.8, 4) is 0 Å². The van der Waals surface area contributed by atoms with Gasteiger partial charge in [-0.2, -0.15) is 0 Å². The molecule has 0 spiro atoms. The number of ether oxygens (including phenoxy) is 1. The van der Waals surface area contributed by atoms with Gasteiger partial charge in [0.1, 0.15) is 5.60 Å². The predicted molar refractivity (Wildman–Crippen MR) is 111 cm³/mol. The lowest BCUT2D eigenvalue weighted by Crippen LogP contribution is -2.63. The number of guanidine groups is 1. The zero-order valence-corrected chi connectivity index (χ0v) is 18.5. The normalized spacial score (nSPS) is 17.9. The first-order valence-corrected chi connectivity index (χ1v) is 8.80. The van der Waals surface area contributed by atoms with Crippen molar-refractivity contribution in [2.45, 2.75) is 39.3 Å². The quantitative estimate of drug-likeness (QED) is 0.219. The van der Waals surface area contributed by atoms with Gasteiger partial charge in [-0.1, -0.05) is 0 Å². The minimum absolute atomic E-state index is 0. The van der Waals surface area contributed by atoms with Gasteiger partial charge < -0.3 is 25.6 Å². The summed E-state index contributed by atoms with van der Waals surface area (Å²) in [4.78, 5) is 42.1. The molecule has 2 rings (SSSR count). The van der Waals surface area contributed by atoms with Gasteiger partial charge in [0, 0.05) is 19.6 Å². The average Bonchev–Trinajstić information content (AvgIpc) is 2.80. The molecule has 3 N–H and O–H groups in total. The molecule has 10 nitrogen and oxygen atoms in total. The van der Waals surface area contributed by atoms with Crippen LogP contribution in [0.4, 0.5) is 9.59 Å². The second-order valence-corrected chi connectivity index (χ2v) is 7.19. The molecule has 2 saturated heterocycles. The van der Waals surface area contributed by atoms with E-state index < -0.39 is 5.60 Å². The molecule has 154 valence electrons. The average molecular weight is 496 g/mol. The molecule has 2 aliphatic rings. The minimum atomic E-state index is -0.509. The first-order chi connectivity index (χ1) is 12.2. The molecule has 2 fully saturated rings. The van der Waals surface area contributed by atoms with Crippen LogP contribution in [0.5, 0.6) is 0 Å². The van der Waals surface area contributed by atoms with E-state index in [9.17, 15) is 14.4 Å². The summed E-state index contributed by atoms with van der Waals surface area (Å²) in [5.74, 6) is 0.351. The van der Waals surface area contributed by atoms with E-state index >= 15 is 0 Å². The number of aliphatic imine (C=N–C) groups is 1. The lowest BCUT2D eigenvalue weighted by molar-refractivity contribution is -0.124. The van der Waals surface area contributed by atoms with E-state index in [0.717, 1.165) is 4.90 Å². The van der Waals surface area contributed by atoms with E-state index in [1.165, 1.54) is 0 Å². The molecule has 4 amide bonds. The SMILES string of the molecule is CCNC(=NCCN1C(=O)CNC1=O)NC1CN(C(=O)OC(C)(C)C)C1.I. The van der Waals surface area contributed by atoms with Crippen LogP contribution in [-0.4, -0.2) is 84.7 Å². The molecular weight excluding hydrogens is 467 g/mol. The third kappa shape index (κ3) is 7.03. The molecule has 0 atom stereocenters. The second kappa shape index (κ2) is 9.95. The molecule has 0 bridgehead atoms. The Hall–Kier alpha value is -1.79. The zero-order chi connectivity index (χ0) is 19.3. The number of rotatable bonds is 5. The number of imide groups is 1. The Bertz CT molecular complexity index is 570. The number of nitrogens with zero attached hydrogens (tertiary/aromatic N) is 3. The van der Waals surface area contributed by atoms with E-state index in [4.69, 9.17) is 4.74 Å². The van der Waals surface area contributed by atoms with Crippen LogP contribution in [0.25, 0.3) is 0 Å². The number of amides is 4. The molecule has 27 heavy (non-hydrogen) atoms. The van der Waals surface area contributed by atoms with Crippen LogP contribution in [-0.2, 0) is 9.53 Å². The molecule has 0 aromatic rings. The van der Waals surface area contributed by atoms with Crippen LogP contribution in [0.2, 0.25) is 0 Å². The Kier molecular flexibility index (Phi) is 8.57. The van der Waals surface area contributed by atoms with Crippen LogP contribution in [0, 0.1) is 0 Å². The van der Waals surface area contributed by atoms with Crippen LogP contribution in [0.1, 0.15) is 27.7 Å². The van der Waals surface area contributed by atoms with Crippen LogP contribution in [0.3, 0.4) is 0 Å². The fraction of sp³-hybridized carbons (Fsp3) is 0.750. The summed E-state index contributed by atoms with van der Waals surface area (Å²) in [5, 5.41) is 8.82. The molecule has 11 heteroatoms. The molecule has 0 aliphatic carbocycles. The number of halogens is 1. The Morgan fingerprint density at radius 1 is 1.33 bits per heavy atom. The minimum Gasteiger partial charge on any atom is -0.444 e. The highest BCUT2D eigenvalue weighted by atomic mass is 127. The van der Waals surface area contributed by atoms with Gasteiger partial charge in [0.2, 0.25) is 5.91 Å². The van der Waals surface area contributed by atoms with Gasteiger partial charge in [-0.25, -0.2) is 9.59 Å². The fourth-order valence-corrected chi connectivity index (χ4v) is 2.50. The van der Waals surface area contributed by atoms with Crippen molar-refractivity contribution in [3.05, 3.63) is 0 Å². The van der Waals surface area contributed by atoms with E-state index in [1.54, 1.807) is 4.90 Å². The Morgan fingerprint density at radius 2 is 2.00 bits per heavy atom. The highest BCUT2D eigenvalue weighted by Crippen LogP contribution is 2.15. The molecule has 0 saturated carbocycles. The molecule has 0 radical (unpaired) electrons. The van der Waals surface area contributed by atoms with E-state index in [0.29, 0.717) is 32.1 Å². The standard InChI is InChI=1S/C16H28N6O4.HI/c1-5-17-13(18-6-7-22-12(23)8-19-14(22)24)20-11-9-21(10-11)15(25)26-16(2,3)4;/h11H,5-10H2,1-4H3,(H,19,24)(H2,17,18,20);1H. The number of hydrogen-bond donors (Lipinski definition) is 3. The maximum absolute atomic E-state index is 11.9. The van der Waals surface area contributed by atoms with E-state index in [-0.39, 0.29) is 61.1 Å². The first kappa shape index (κ1) is 23.2. The van der Waals surface area contributed by atoms with Crippen molar-refractivity contribution in [1.29, 1.82) is 0 Å². The van der Waals surface area contributed by atoms with Crippen LogP contribution < -0.4 is 16.0 Å². The largest absolute Gasteiger partial charge is 0.444 e. The number of urea groups is 1. The number of carbonyl (C=O) groups excluding carboxylic acids is 3. The van der Waals surface area contributed by atoms with E-state index in [1.807, 2.05) is 27.7 Å². The highest BCUT2D eigenvalue weighted by molar-refractivity contribution is 14.0. The highest BCUT2D eigenvalue weighted by Gasteiger charge is 2.34. The first-order valence-electron chi connectivity index (χ1n) is 8.80. The number of likely N-dealkylation sites (tertiary alicyclic amines) is 1. The van der Waals surface area contributed by atoms with Crippen molar-refractivity contribution in [2.75, 3.05) is 39.3 Å². The van der Waals surface area contributed by atoms with Gasteiger partial charge >= 0.3 is 12.1 Å². The number of hydrogen-bond acceptors (Lipinski definition) is 5. The van der Waals surface area contributed by atoms with Gasteiger partial charge in [-0.05, 0) is 27.7 Å². The summed E-state index contributed by atoms with van der Waals surface area (Å²) in [6, 6.07) is -0.299. The summed E-state index contributed by atoms with van der Waals surface area (Å²) in [7, 11) is 0. The number of carbonyl (C=O) groups is 3. The summed E-state index contributed by atoms with van der Waals surface area (Å²) in [5.41, 5.74) is -0.509. The van der Waals surface area contributed by atoms with Crippen molar-refractivity contribution in [3.63, 3.8) is 0 Å². The summed E-state index contributed by atoms with van der Waals surface area (Å²) in [6.07, 6.45) is -0.323. The van der Waals surface area contributed by atoms with E-state index in [2.05, 4.69) is 20.9 Å². The van der Waals surface area contributed by atoms with Gasteiger partial charge in [0.05, 0.1) is 25.7 Å². The Labute approximate surface area is 176 Å². The lowest BCUT2D eigenvalue weighted by atomic mass is 10.1. The van der Waals surface area contributed by atoms with Gasteiger partial charge in [-0.3, -0.25) is 14.7 Å². The van der Waals surface area contributed by atoms with Crippen molar-refractivity contribution in [2.24, 2.45) is 4.99 Å². The topological polar surface area (TPSA) is 115 Å². The smallest absolute Gasteiger partial charge is 0.410 e. The third-order valence-corrected chi connectivity index (χ3v) is 3.75. The zero-order valence-electron chi connectivity index (χ0n) is 16.2. The maximum Gasteiger partial charge on any atom is 0.410 e. The van der Waals surface area contributed by atoms with Crippen molar-refractivity contribution >= 4 is 48.0 Å². The van der Waals surface area contributed by atoms with Crippen molar-refractivity contribution < 1.29 is 19.1 Å². The molecular formula is C16H29IN6O4. The molecule has 0 unspecified atom stereocenters. The number of nitrogens with one attached hydrogen (secondary N) is 3. The van der Waals surface area contributed by atoms with Gasteiger partial charge in [0.25, 0.3) is 0 Å². The summed E-state index contributed by atoms with van der Waals surface area (Å²) < 4.78 is 5.32. The molecule has 0 aromatic carbocycles. The molecule has 2 heterocycles. The monoisotopic (exact) mass is 496 g/mol. The predicted octanol–water partition coefficient (Wildman–Crippen LogP) is 0.331. The van der Waals surface area contributed by atoms with Crippen LogP contribution >= 0.6 is 24.0 Å². The summed E-state index contributed by atoms with van der Waals surface area (Å²) >= 11 is 0. The lowest BCUT2D eigenvalue weighted by Gasteiger charge is -2.40. The van der Waals surface area contributed by atoms with Crippen molar-refractivity contribution in [1.82, 2.24) is 25.8 Å². The Morgan fingerprint density at radius 3 is 2.52 bits per heavy atom. The molecule has 0 aromatic heterocycles. The summed E-state index contributed by atoms with van der Waals surface area (Å²) in [6.45, 7) is 9.78. The van der Waals surface area contributed by atoms with Gasteiger partial charge in [-0.15, -0.1) is 24.0 Å². The fourth-order valence-electron chi connectivity index (χ4n) is 2.50.